The molecule has 3 aliphatic heterocycles. The summed E-state index contributed by atoms with van der Waals surface area (Å²) < 4.78 is 10.6. The summed E-state index contributed by atoms with van der Waals surface area (Å²) >= 11 is 5.97. The van der Waals surface area contributed by atoms with Gasteiger partial charge in [0.1, 0.15) is 6.04 Å². The van der Waals surface area contributed by atoms with E-state index in [-0.39, 0.29) is 11.7 Å². The van der Waals surface area contributed by atoms with Crippen molar-refractivity contribution in [3.05, 3.63) is 65.2 Å². The van der Waals surface area contributed by atoms with Crippen molar-refractivity contribution in [3.63, 3.8) is 0 Å². The molecule has 0 saturated carbocycles. The molecule has 0 aliphatic carbocycles. The number of hydrogen-bond acceptors (Lipinski definition) is 7. The van der Waals surface area contributed by atoms with Gasteiger partial charge in [-0.3, -0.25) is 19.4 Å². The Morgan fingerprint density at radius 1 is 0.970 bits per heavy atom. The molecule has 33 heavy (non-hydrogen) atoms. The molecule has 2 fully saturated rings. The largest absolute Gasteiger partial charge is 0.493 e. The Kier molecular flexibility index (Phi) is 5.17. The first kappa shape index (κ1) is 21.2. The number of carbonyl (C=O) groups excluding carboxylic acids is 3. The predicted molar refractivity (Wildman–Crippen MR) is 122 cm³/mol. The number of imide groups is 1. The maximum Gasteiger partial charge on any atom is 0.240 e. The van der Waals surface area contributed by atoms with Crippen LogP contribution < -0.4 is 14.4 Å². The van der Waals surface area contributed by atoms with E-state index in [0.717, 1.165) is 4.90 Å². The Morgan fingerprint density at radius 2 is 1.67 bits per heavy atom. The molecule has 2 amide bonds. The van der Waals surface area contributed by atoms with Crippen LogP contribution in [0.5, 0.6) is 11.5 Å². The van der Waals surface area contributed by atoms with E-state index in [4.69, 9.17) is 21.1 Å². The highest BCUT2D eigenvalue weighted by Gasteiger charge is 2.64. The molecule has 3 aliphatic rings. The number of rotatable bonds is 5. The molecule has 0 unspecified atom stereocenters. The third-order valence-corrected chi connectivity index (χ3v) is 6.56. The molecule has 0 bridgehead atoms. The van der Waals surface area contributed by atoms with E-state index in [1.54, 1.807) is 59.8 Å². The molecule has 2 aromatic carbocycles. The number of allylic oxidation sites excluding steroid dienone is 1. The molecule has 2 aromatic rings. The van der Waals surface area contributed by atoms with Crippen LogP contribution in [0.3, 0.4) is 0 Å². The average Bonchev–Trinajstić information content (AvgIpc) is 3.31. The lowest BCUT2D eigenvalue weighted by Gasteiger charge is -2.30. The van der Waals surface area contributed by atoms with E-state index in [1.807, 2.05) is 6.08 Å². The minimum Gasteiger partial charge on any atom is -0.493 e. The summed E-state index contributed by atoms with van der Waals surface area (Å²) in [5, 5.41) is 6.43. The van der Waals surface area contributed by atoms with E-state index in [2.05, 4.69) is 5.10 Å². The normalized spacial score (nSPS) is 25.3. The number of fused-ring (bicyclic) bond motifs is 3. The van der Waals surface area contributed by atoms with Crippen LogP contribution in [0, 0.1) is 11.8 Å². The van der Waals surface area contributed by atoms with Gasteiger partial charge < -0.3 is 9.47 Å². The number of anilines is 1. The van der Waals surface area contributed by atoms with Crippen molar-refractivity contribution in [3.8, 4) is 11.5 Å². The third-order valence-electron chi connectivity index (χ3n) is 6.31. The zero-order valence-corrected chi connectivity index (χ0v) is 18.6. The summed E-state index contributed by atoms with van der Waals surface area (Å²) in [7, 11) is 2.99. The number of carbonyl (C=O) groups is 3. The number of halogens is 1. The zero-order chi connectivity index (χ0) is 23.3. The number of nitrogens with zero attached hydrogens (tertiary/aromatic N) is 3. The summed E-state index contributed by atoms with van der Waals surface area (Å²) in [5.41, 5.74) is 0.767. The molecule has 168 valence electrons. The zero-order valence-electron chi connectivity index (χ0n) is 17.8. The molecule has 0 radical (unpaired) electrons. The first-order chi connectivity index (χ1) is 16.0. The van der Waals surface area contributed by atoms with Gasteiger partial charge in [-0.25, -0.2) is 4.90 Å². The molecule has 0 aromatic heterocycles. The fourth-order valence-electron chi connectivity index (χ4n) is 4.84. The summed E-state index contributed by atoms with van der Waals surface area (Å²) in [5.74, 6) is -1.82. The van der Waals surface area contributed by atoms with Gasteiger partial charge in [-0.15, -0.1) is 0 Å². The third kappa shape index (κ3) is 3.21. The maximum absolute atomic E-state index is 13.7. The molecule has 3 heterocycles. The minimum atomic E-state index is -0.937. The Bertz CT molecular complexity index is 1210. The van der Waals surface area contributed by atoms with Crippen molar-refractivity contribution < 1.29 is 23.9 Å². The van der Waals surface area contributed by atoms with Crippen molar-refractivity contribution in [2.45, 2.75) is 12.1 Å². The van der Waals surface area contributed by atoms with Gasteiger partial charge in [0.15, 0.2) is 17.3 Å². The first-order valence-electron chi connectivity index (χ1n) is 10.3. The van der Waals surface area contributed by atoms with Crippen molar-refractivity contribution in [1.29, 1.82) is 0 Å². The number of benzene rings is 2. The van der Waals surface area contributed by atoms with Crippen LogP contribution in [0.4, 0.5) is 5.69 Å². The van der Waals surface area contributed by atoms with Gasteiger partial charge in [-0.05, 0) is 48.5 Å². The molecule has 0 spiro atoms. The van der Waals surface area contributed by atoms with Gasteiger partial charge in [0.2, 0.25) is 11.8 Å². The second-order valence-electron chi connectivity index (χ2n) is 7.94. The van der Waals surface area contributed by atoms with Crippen LogP contribution >= 0.6 is 11.6 Å². The highest BCUT2D eigenvalue weighted by atomic mass is 35.5. The molecular formula is C24H20ClN3O5. The maximum atomic E-state index is 13.7. The van der Waals surface area contributed by atoms with Gasteiger partial charge in [0.25, 0.3) is 0 Å². The lowest BCUT2D eigenvalue weighted by atomic mass is 9.86. The number of amides is 2. The summed E-state index contributed by atoms with van der Waals surface area (Å²) in [6.07, 6.45) is 5.09. The molecule has 4 atom stereocenters. The van der Waals surface area contributed by atoms with Crippen molar-refractivity contribution >= 4 is 41.1 Å². The topological polar surface area (TPSA) is 88.5 Å². The highest BCUT2D eigenvalue weighted by molar-refractivity contribution is 6.31. The van der Waals surface area contributed by atoms with Crippen molar-refractivity contribution in [2.24, 2.45) is 16.9 Å². The van der Waals surface area contributed by atoms with Gasteiger partial charge >= 0.3 is 0 Å². The Hall–Kier alpha value is -3.65. The van der Waals surface area contributed by atoms with E-state index >= 15 is 0 Å². The molecule has 9 heteroatoms. The van der Waals surface area contributed by atoms with Crippen molar-refractivity contribution in [1.82, 2.24) is 5.01 Å². The smallest absolute Gasteiger partial charge is 0.240 e. The molecule has 5 rings (SSSR count). The van der Waals surface area contributed by atoms with Crippen LogP contribution in [0.1, 0.15) is 10.4 Å². The van der Waals surface area contributed by atoms with E-state index in [0.29, 0.717) is 27.8 Å². The SMILES string of the molecule is COc1ccc(C(=O)[C@@H]2[C@@H]3C(=O)N(c4ccc(Cl)cc4)C(=O)[C@@H]3[C@@H]3C=CC=NN23)cc1OC. The summed E-state index contributed by atoms with van der Waals surface area (Å²) in [6, 6.07) is 9.88. The Balaban J connectivity index is 1.56. The molecular weight excluding hydrogens is 446 g/mol. The second kappa shape index (κ2) is 8.04. The monoisotopic (exact) mass is 465 g/mol. The molecule has 2 saturated heterocycles. The molecule has 8 nitrogen and oxygen atoms in total. The van der Waals surface area contributed by atoms with Crippen LogP contribution in [-0.4, -0.2) is 55.1 Å². The fraction of sp³-hybridized carbons (Fsp3) is 0.250. The van der Waals surface area contributed by atoms with Crippen LogP contribution in [0.2, 0.25) is 5.02 Å². The van der Waals surface area contributed by atoms with Crippen LogP contribution in [0.15, 0.2) is 59.7 Å². The number of methoxy groups -OCH3 is 2. The van der Waals surface area contributed by atoms with Gasteiger partial charge in [0.05, 0.1) is 37.8 Å². The fourth-order valence-corrected chi connectivity index (χ4v) is 4.97. The second-order valence-corrected chi connectivity index (χ2v) is 8.38. The lowest BCUT2D eigenvalue weighted by molar-refractivity contribution is -0.123. The van der Waals surface area contributed by atoms with Crippen LogP contribution in [-0.2, 0) is 9.59 Å². The minimum absolute atomic E-state index is 0.319. The number of hydrogen-bond donors (Lipinski definition) is 0. The molecule has 0 N–H and O–H groups in total. The predicted octanol–water partition coefficient (Wildman–Crippen LogP) is 2.95. The summed E-state index contributed by atoms with van der Waals surface area (Å²) in [4.78, 5) is 41.9. The van der Waals surface area contributed by atoms with E-state index < -0.39 is 29.8 Å². The first-order valence-corrected chi connectivity index (χ1v) is 10.7. The highest BCUT2D eigenvalue weighted by Crippen LogP contribution is 2.46. The number of hydrazone groups is 1. The Morgan fingerprint density at radius 3 is 2.36 bits per heavy atom. The number of ether oxygens (including phenoxy) is 2. The quantitative estimate of drug-likeness (QED) is 0.498. The Labute approximate surface area is 195 Å². The van der Waals surface area contributed by atoms with Gasteiger partial charge in [-0.2, -0.15) is 5.10 Å². The van der Waals surface area contributed by atoms with E-state index in [1.165, 1.54) is 14.2 Å². The van der Waals surface area contributed by atoms with E-state index in [9.17, 15) is 14.4 Å². The van der Waals surface area contributed by atoms with Gasteiger partial charge in [0, 0.05) is 16.8 Å². The standard InChI is InChI=1S/C24H20ClN3O5/c1-32-17-10-5-13(12-18(17)33-2)22(29)21-20-19(16-4-3-11-26-28(16)21)23(30)27(24(20)31)15-8-6-14(25)7-9-15/h3-12,16,19-21H,1-2H3/t16-,19+,20+,21-/m0/s1. The van der Waals surface area contributed by atoms with Gasteiger partial charge in [-0.1, -0.05) is 17.7 Å². The number of Topliss-reactive ketones (excluding diaryl/α,β-unsaturated/α-hetero) is 1. The van der Waals surface area contributed by atoms with Crippen molar-refractivity contribution in [2.75, 3.05) is 19.1 Å². The number of ketones is 1. The average molecular weight is 466 g/mol. The lowest BCUT2D eigenvalue weighted by Crippen LogP contribution is -2.46. The van der Waals surface area contributed by atoms with Crippen LogP contribution in [0.25, 0.3) is 0 Å². The summed E-state index contributed by atoms with van der Waals surface area (Å²) in [6.45, 7) is 0.